The van der Waals surface area contributed by atoms with Crippen LogP contribution in [-0.2, 0) is 11.3 Å². The van der Waals surface area contributed by atoms with Crippen LogP contribution in [0.15, 0.2) is 29.3 Å². The third-order valence-electron chi connectivity index (χ3n) is 5.66. The highest BCUT2D eigenvalue weighted by Gasteiger charge is 2.20. The number of piperidine rings is 1. The zero-order chi connectivity index (χ0) is 19.6. The number of morpholine rings is 1. The van der Waals surface area contributed by atoms with Crippen LogP contribution in [0.2, 0.25) is 5.02 Å². The topological polar surface area (TPSA) is 52.1 Å². The van der Waals surface area contributed by atoms with Gasteiger partial charge in [-0.15, -0.1) is 0 Å². The Balaban J connectivity index is 1.31. The summed E-state index contributed by atoms with van der Waals surface area (Å²) in [4.78, 5) is 9.30. The van der Waals surface area contributed by atoms with Crippen LogP contribution in [0.5, 0.6) is 0 Å². The van der Waals surface area contributed by atoms with Crippen molar-refractivity contribution in [3.63, 3.8) is 0 Å². The van der Waals surface area contributed by atoms with Gasteiger partial charge in [0.05, 0.1) is 13.2 Å². The molecule has 2 N–H and O–H groups in total. The van der Waals surface area contributed by atoms with Gasteiger partial charge in [-0.05, 0) is 43.5 Å². The summed E-state index contributed by atoms with van der Waals surface area (Å²) in [6.45, 7) is 9.88. The smallest absolute Gasteiger partial charge is 0.191 e. The lowest BCUT2D eigenvalue weighted by Crippen LogP contribution is -2.46. The van der Waals surface area contributed by atoms with Crippen LogP contribution in [0.3, 0.4) is 0 Å². The van der Waals surface area contributed by atoms with E-state index in [1.807, 2.05) is 19.2 Å². The third-order valence-corrected chi connectivity index (χ3v) is 6.03. The number of likely N-dealkylation sites (tertiary alicyclic amines) is 1. The number of ether oxygens (including phenoxy) is 1. The molecule has 2 heterocycles. The van der Waals surface area contributed by atoms with E-state index in [0.717, 1.165) is 76.6 Å². The summed E-state index contributed by atoms with van der Waals surface area (Å²) in [5.41, 5.74) is 1.23. The maximum Gasteiger partial charge on any atom is 0.191 e. The molecule has 7 heteroatoms. The number of nitrogens with one attached hydrogen (secondary N) is 2. The minimum absolute atomic E-state index is 0.695. The largest absolute Gasteiger partial charge is 0.379 e. The lowest BCUT2D eigenvalue weighted by molar-refractivity contribution is 0.0389. The van der Waals surface area contributed by atoms with Crippen molar-refractivity contribution >= 4 is 17.6 Å². The number of benzene rings is 1. The molecule has 0 amide bonds. The molecule has 2 fully saturated rings. The fraction of sp³-hybridized carbons (Fsp3) is 0.667. The van der Waals surface area contributed by atoms with E-state index in [1.54, 1.807) is 0 Å². The fourth-order valence-corrected chi connectivity index (χ4v) is 4.03. The second kappa shape index (κ2) is 11.6. The molecule has 0 atom stereocenters. The summed E-state index contributed by atoms with van der Waals surface area (Å²) in [5.74, 6) is 1.60. The van der Waals surface area contributed by atoms with Gasteiger partial charge in [0, 0.05) is 51.3 Å². The van der Waals surface area contributed by atoms with Crippen molar-refractivity contribution in [3.8, 4) is 0 Å². The van der Waals surface area contributed by atoms with Gasteiger partial charge in [-0.1, -0.05) is 29.8 Å². The van der Waals surface area contributed by atoms with Gasteiger partial charge < -0.3 is 15.4 Å². The number of nitrogens with zero attached hydrogens (tertiary/aromatic N) is 3. The second-order valence-corrected chi connectivity index (χ2v) is 8.05. The van der Waals surface area contributed by atoms with Crippen LogP contribution in [0.1, 0.15) is 18.4 Å². The van der Waals surface area contributed by atoms with Crippen LogP contribution in [0.4, 0.5) is 0 Å². The standard InChI is InChI=1S/C21H34ClN5O/c1-23-21(24-8-11-26-12-14-28-15-13-26)25-16-18-6-9-27(10-7-18)17-19-4-2-3-5-20(19)22/h2-5,18H,6-17H2,1H3,(H2,23,24,25). The van der Waals surface area contributed by atoms with Crippen LogP contribution < -0.4 is 10.6 Å². The predicted molar refractivity (Wildman–Crippen MR) is 116 cm³/mol. The Morgan fingerprint density at radius 2 is 1.86 bits per heavy atom. The SMILES string of the molecule is CN=C(NCCN1CCOCC1)NCC1CCN(Cc2ccccc2Cl)CC1. The maximum absolute atomic E-state index is 6.30. The summed E-state index contributed by atoms with van der Waals surface area (Å²) in [6.07, 6.45) is 2.42. The van der Waals surface area contributed by atoms with Gasteiger partial charge in [0.1, 0.15) is 0 Å². The first kappa shape index (κ1) is 21.4. The molecule has 0 bridgehead atoms. The normalized spacial score (nSPS) is 20.3. The predicted octanol–water partition coefficient (Wildman–Crippen LogP) is 2.05. The molecule has 2 aliphatic heterocycles. The molecule has 0 radical (unpaired) electrons. The number of rotatable bonds is 7. The second-order valence-electron chi connectivity index (χ2n) is 7.64. The lowest BCUT2D eigenvalue weighted by Gasteiger charge is -2.32. The lowest BCUT2D eigenvalue weighted by atomic mass is 9.96. The molecule has 0 unspecified atom stereocenters. The Hall–Kier alpha value is -1.34. The summed E-state index contributed by atoms with van der Waals surface area (Å²) in [7, 11) is 1.84. The number of guanidine groups is 1. The van der Waals surface area contributed by atoms with E-state index in [1.165, 1.54) is 18.4 Å². The molecule has 1 aromatic carbocycles. The Bertz CT molecular complexity index is 613. The molecule has 0 aromatic heterocycles. The highest BCUT2D eigenvalue weighted by molar-refractivity contribution is 6.31. The highest BCUT2D eigenvalue weighted by Crippen LogP contribution is 2.21. The monoisotopic (exact) mass is 407 g/mol. The van der Waals surface area contributed by atoms with E-state index in [4.69, 9.17) is 16.3 Å². The van der Waals surface area contributed by atoms with Gasteiger partial charge in [-0.3, -0.25) is 14.8 Å². The van der Waals surface area contributed by atoms with Gasteiger partial charge in [-0.2, -0.15) is 0 Å². The average molecular weight is 408 g/mol. The van der Waals surface area contributed by atoms with Gasteiger partial charge in [0.15, 0.2) is 5.96 Å². The van der Waals surface area contributed by atoms with E-state index in [0.29, 0.717) is 5.92 Å². The van der Waals surface area contributed by atoms with Crippen molar-refractivity contribution in [1.82, 2.24) is 20.4 Å². The first-order valence-corrected chi connectivity index (χ1v) is 10.8. The molecular formula is C21H34ClN5O. The van der Waals surface area contributed by atoms with Crippen LogP contribution >= 0.6 is 11.6 Å². The van der Waals surface area contributed by atoms with E-state index in [-0.39, 0.29) is 0 Å². The minimum Gasteiger partial charge on any atom is -0.379 e. The number of halogens is 1. The molecule has 28 heavy (non-hydrogen) atoms. The molecule has 2 aliphatic rings. The van der Waals surface area contributed by atoms with Crippen molar-refractivity contribution < 1.29 is 4.74 Å². The van der Waals surface area contributed by atoms with Crippen molar-refractivity contribution in [2.45, 2.75) is 19.4 Å². The van der Waals surface area contributed by atoms with Crippen LogP contribution in [0.25, 0.3) is 0 Å². The highest BCUT2D eigenvalue weighted by atomic mass is 35.5. The van der Waals surface area contributed by atoms with Crippen LogP contribution in [0, 0.1) is 5.92 Å². The van der Waals surface area contributed by atoms with E-state index in [9.17, 15) is 0 Å². The molecule has 0 aliphatic carbocycles. The van der Waals surface area contributed by atoms with Gasteiger partial charge in [0.25, 0.3) is 0 Å². The molecule has 0 saturated carbocycles. The molecule has 3 rings (SSSR count). The van der Waals surface area contributed by atoms with Crippen LogP contribution in [-0.4, -0.2) is 81.8 Å². The summed E-state index contributed by atoms with van der Waals surface area (Å²) < 4.78 is 5.39. The summed E-state index contributed by atoms with van der Waals surface area (Å²) >= 11 is 6.30. The zero-order valence-corrected chi connectivity index (χ0v) is 17.8. The molecular weight excluding hydrogens is 374 g/mol. The number of hydrogen-bond acceptors (Lipinski definition) is 4. The molecule has 2 saturated heterocycles. The average Bonchev–Trinajstić information content (AvgIpc) is 2.74. The molecule has 6 nitrogen and oxygen atoms in total. The Labute approximate surface area is 174 Å². The van der Waals surface area contributed by atoms with E-state index >= 15 is 0 Å². The zero-order valence-electron chi connectivity index (χ0n) is 17.0. The Kier molecular flexibility index (Phi) is 8.86. The first-order chi connectivity index (χ1) is 13.7. The van der Waals surface area contributed by atoms with Gasteiger partial charge in [0.2, 0.25) is 0 Å². The Morgan fingerprint density at radius 1 is 1.11 bits per heavy atom. The summed E-state index contributed by atoms with van der Waals surface area (Å²) in [6, 6.07) is 8.16. The summed E-state index contributed by atoms with van der Waals surface area (Å²) in [5, 5.41) is 7.82. The quantitative estimate of drug-likeness (QED) is 0.535. The minimum atomic E-state index is 0.695. The number of hydrogen-bond donors (Lipinski definition) is 2. The maximum atomic E-state index is 6.30. The molecule has 1 aromatic rings. The van der Waals surface area contributed by atoms with Crippen molar-refractivity contribution in [2.24, 2.45) is 10.9 Å². The fourth-order valence-electron chi connectivity index (χ4n) is 3.84. The van der Waals surface area contributed by atoms with E-state index in [2.05, 4.69) is 37.6 Å². The van der Waals surface area contributed by atoms with Crippen molar-refractivity contribution in [1.29, 1.82) is 0 Å². The van der Waals surface area contributed by atoms with Gasteiger partial charge in [-0.25, -0.2) is 0 Å². The van der Waals surface area contributed by atoms with Crippen molar-refractivity contribution in [3.05, 3.63) is 34.9 Å². The van der Waals surface area contributed by atoms with Gasteiger partial charge >= 0.3 is 0 Å². The van der Waals surface area contributed by atoms with Crippen molar-refractivity contribution in [2.75, 3.05) is 66.1 Å². The third kappa shape index (κ3) is 6.92. The molecule has 156 valence electrons. The Morgan fingerprint density at radius 3 is 2.57 bits per heavy atom. The number of aliphatic imine (C=N–C) groups is 1. The molecule has 0 spiro atoms. The first-order valence-electron chi connectivity index (χ1n) is 10.4. The van der Waals surface area contributed by atoms with E-state index < -0.39 is 0 Å².